The molecule has 1 saturated heterocycles. The summed E-state index contributed by atoms with van der Waals surface area (Å²) >= 11 is 0. The van der Waals surface area contributed by atoms with Gasteiger partial charge in [-0.2, -0.15) is 0 Å². The molecule has 0 spiro atoms. The predicted molar refractivity (Wildman–Crippen MR) is 89.1 cm³/mol. The number of benzene rings is 1. The van der Waals surface area contributed by atoms with E-state index in [-0.39, 0.29) is 17.5 Å². The Bertz CT molecular complexity index is 784. The fourth-order valence-electron chi connectivity index (χ4n) is 3.26. The lowest BCUT2D eigenvalue weighted by atomic mass is 10.1. The highest BCUT2D eigenvalue weighted by molar-refractivity contribution is 5.74. The fraction of sp³-hybridized carbons (Fsp3) is 0.471. The van der Waals surface area contributed by atoms with Crippen LogP contribution in [0, 0.1) is 0 Å². The van der Waals surface area contributed by atoms with Crippen molar-refractivity contribution < 1.29 is 4.79 Å². The highest BCUT2D eigenvalue weighted by Crippen LogP contribution is 2.14. The zero-order valence-corrected chi connectivity index (χ0v) is 13.6. The summed E-state index contributed by atoms with van der Waals surface area (Å²) in [5.41, 5.74) is 2.19. The van der Waals surface area contributed by atoms with Crippen LogP contribution in [0.1, 0.15) is 25.5 Å². The summed E-state index contributed by atoms with van der Waals surface area (Å²) in [5, 5.41) is 2.97. The van der Waals surface area contributed by atoms with Gasteiger partial charge in [0.1, 0.15) is 5.69 Å². The second-order valence-electron chi connectivity index (χ2n) is 6.19. The Morgan fingerprint density at radius 3 is 2.96 bits per heavy atom. The first-order valence-electron chi connectivity index (χ1n) is 7.98. The fourth-order valence-corrected chi connectivity index (χ4v) is 3.26. The van der Waals surface area contributed by atoms with Crippen molar-refractivity contribution in [3.8, 4) is 0 Å². The molecule has 1 fully saturated rings. The molecule has 1 atom stereocenters. The van der Waals surface area contributed by atoms with E-state index >= 15 is 0 Å². The number of carbonyl (C=O) groups excluding carboxylic acids is 1. The first kappa shape index (κ1) is 15.7. The molecule has 2 aromatic rings. The van der Waals surface area contributed by atoms with Crippen LogP contribution in [0.25, 0.3) is 11.0 Å². The molecule has 1 N–H and O–H groups in total. The highest BCUT2D eigenvalue weighted by Gasteiger charge is 2.22. The van der Waals surface area contributed by atoms with Crippen molar-refractivity contribution in [2.45, 2.75) is 32.4 Å². The maximum absolute atomic E-state index is 12.5. The molecule has 6 nitrogen and oxygen atoms in total. The van der Waals surface area contributed by atoms with E-state index in [1.807, 2.05) is 24.3 Å². The molecular weight excluding hydrogens is 292 g/mol. The van der Waals surface area contributed by atoms with E-state index in [1.165, 1.54) is 0 Å². The van der Waals surface area contributed by atoms with Crippen LogP contribution in [0.2, 0.25) is 0 Å². The summed E-state index contributed by atoms with van der Waals surface area (Å²) in [6, 6.07) is 7.82. The topological polar surface area (TPSA) is 67.2 Å². The van der Waals surface area contributed by atoms with Gasteiger partial charge in [-0.15, -0.1) is 0 Å². The molecule has 1 aliphatic heterocycles. The van der Waals surface area contributed by atoms with Gasteiger partial charge in [-0.25, -0.2) is 4.98 Å². The molecule has 1 unspecified atom stereocenters. The molecule has 0 bridgehead atoms. The number of hydrogen-bond acceptors (Lipinski definition) is 4. The minimum absolute atomic E-state index is 0.00315. The van der Waals surface area contributed by atoms with Crippen LogP contribution in [-0.2, 0) is 18.4 Å². The van der Waals surface area contributed by atoms with Crippen molar-refractivity contribution in [2.75, 3.05) is 13.1 Å². The lowest BCUT2D eigenvalue weighted by Crippen LogP contribution is -2.47. The average Bonchev–Trinajstić information content (AvgIpc) is 2.52. The number of fused-ring (bicyclic) bond motifs is 1. The van der Waals surface area contributed by atoms with E-state index < -0.39 is 0 Å². The van der Waals surface area contributed by atoms with Crippen LogP contribution in [0.4, 0.5) is 0 Å². The van der Waals surface area contributed by atoms with Gasteiger partial charge >= 0.3 is 0 Å². The lowest BCUT2D eigenvalue weighted by Gasteiger charge is -2.32. The van der Waals surface area contributed by atoms with Gasteiger partial charge in [0.05, 0.1) is 11.0 Å². The average molecular weight is 314 g/mol. The number of carbonyl (C=O) groups is 1. The van der Waals surface area contributed by atoms with Gasteiger partial charge in [-0.3, -0.25) is 14.5 Å². The number of nitrogens with zero attached hydrogens (tertiary/aromatic N) is 3. The minimum atomic E-state index is -0.0506. The van der Waals surface area contributed by atoms with Gasteiger partial charge in [0.15, 0.2) is 0 Å². The van der Waals surface area contributed by atoms with Gasteiger partial charge < -0.3 is 9.88 Å². The molecule has 23 heavy (non-hydrogen) atoms. The summed E-state index contributed by atoms with van der Waals surface area (Å²) in [5.74, 6) is -0.00315. The monoisotopic (exact) mass is 314 g/mol. The molecule has 3 rings (SSSR count). The Labute approximate surface area is 135 Å². The number of amides is 1. The normalized spacial score (nSPS) is 19.0. The zero-order chi connectivity index (χ0) is 16.4. The third-order valence-electron chi connectivity index (χ3n) is 4.34. The Morgan fingerprint density at radius 1 is 1.39 bits per heavy atom. The molecule has 0 radical (unpaired) electrons. The number of rotatable bonds is 3. The Kier molecular flexibility index (Phi) is 4.43. The largest absolute Gasteiger partial charge is 0.352 e. The standard InChI is InChI=1S/C17H22N4O2/c1-12(22)18-13-6-5-9-21(10-13)11-15-17(23)20(2)16-8-4-3-7-14(16)19-15/h3-4,7-8,13H,5-6,9-11H2,1-2H3,(H,18,22). The van der Waals surface area contributed by atoms with E-state index in [0.717, 1.165) is 37.0 Å². The summed E-state index contributed by atoms with van der Waals surface area (Å²) in [6.07, 6.45) is 2.00. The molecule has 2 heterocycles. The van der Waals surface area contributed by atoms with Crippen LogP contribution in [-0.4, -0.2) is 39.5 Å². The lowest BCUT2D eigenvalue weighted by molar-refractivity contribution is -0.120. The van der Waals surface area contributed by atoms with E-state index in [0.29, 0.717) is 12.2 Å². The Balaban J connectivity index is 1.82. The first-order valence-corrected chi connectivity index (χ1v) is 7.98. The summed E-state index contributed by atoms with van der Waals surface area (Å²) in [6.45, 7) is 3.75. The molecule has 122 valence electrons. The number of aromatic nitrogens is 2. The molecule has 0 aliphatic carbocycles. The first-order chi connectivity index (χ1) is 11.0. The molecule has 6 heteroatoms. The van der Waals surface area contributed by atoms with Crippen molar-refractivity contribution in [2.24, 2.45) is 7.05 Å². The van der Waals surface area contributed by atoms with Gasteiger partial charge in [0, 0.05) is 33.1 Å². The van der Waals surface area contributed by atoms with E-state index in [1.54, 1.807) is 18.5 Å². The third kappa shape index (κ3) is 3.42. The summed E-state index contributed by atoms with van der Waals surface area (Å²) < 4.78 is 1.66. The smallest absolute Gasteiger partial charge is 0.273 e. The number of para-hydroxylation sites is 2. The number of nitrogens with one attached hydrogen (secondary N) is 1. The van der Waals surface area contributed by atoms with Crippen LogP contribution in [0.15, 0.2) is 29.1 Å². The number of aryl methyl sites for hydroxylation is 1. The van der Waals surface area contributed by atoms with E-state index in [9.17, 15) is 9.59 Å². The summed E-state index contributed by atoms with van der Waals surface area (Å²) in [7, 11) is 1.78. The van der Waals surface area contributed by atoms with Gasteiger partial charge in [-0.05, 0) is 31.5 Å². The van der Waals surface area contributed by atoms with Gasteiger partial charge in [-0.1, -0.05) is 12.1 Å². The third-order valence-corrected chi connectivity index (χ3v) is 4.34. The number of likely N-dealkylation sites (tertiary alicyclic amines) is 1. The van der Waals surface area contributed by atoms with Crippen LogP contribution in [0.5, 0.6) is 0 Å². The van der Waals surface area contributed by atoms with Crippen LogP contribution < -0.4 is 10.9 Å². The minimum Gasteiger partial charge on any atom is -0.352 e. The van der Waals surface area contributed by atoms with Crippen molar-refractivity contribution in [3.63, 3.8) is 0 Å². The molecule has 1 aliphatic rings. The van der Waals surface area contributed by atoms with Crippen molar-refractivity contribution in [1.29, 1.82) is 0 Å². The highest BCUT2D eigenvalue weighted by atomic mass is 16.1. The van der Waals surface area contributed by atoms with Gasteiger partial charge in [0.25, 0.3) is 5.56 Å². The number of hydrogen-bond donors (Lipinski definition) is 1. The predicted octanol–water partition coefficient (Wildman–Crippen LogP) is 1.03. The zero-order valence-electron chi connectivity index (χ0n) is 13.6. The quantitative estimate of drug-likeness (QED) is 0.919. The van der Waals surface area contributed by atoms with Crippen molar-refractivity contribution in [1.82, 2.24) is 19.8 Å². The van der Waals surface area contributed by atoms with Crippen molar-refractivity contribution in [3.05, 3.63) is 40.3 Å². The second kappa shape index (κ2) is 6.50. The molecule has 1 amide bonds. The maximum atomic E-state index is 12.5. The second-order valence-corrected chi connectivity index (χ2v) is 6.19. The van der Waals surface area contributed by atoms with Crippen molar-refractivity contribution >= 4 is 16.9 Å². The molecular formula is C17H22N4O2. The Morgan fingerprint density at radius 2 is 2.17 bits per heavy atom. The molecule has 1 aromatic heterocycles. The molecule has 1 aromatic carbocycles. The molecule has 0 saturated carbocycles. The van der Waals surface area contributed by atoms with Gasteiger partial charge in [0.2, 0.25) is 5.91 Å². The number of piperidine rings is 1. The maximum Gasteiger partial charge on any atom is 0.273 e. The summed E-state index contributed by atoms with van der Waals surface area (Å²) in [4.78, 5) is 30.5. The van der Waals surface area contributed by atoms with Crippen LogP contribution in [0.3, 0.4) is 0 Å². The SMILES string of the molecule is CC(=O)NC1CCCN(Cc2nc3ccccc3n(C)c2=O)C1. The Hall–Kier alpha value is -2.21. The van der Waals surface area contributed by atoms with E-state index in [2.05, 4.69) is 15.2 Å². The van der Waals surface area contributed by atoms with Crippen LogP contribution >= 0.6 is 0 Å². The van der Waals surface area contributed by atoms with E-state index in [4.69, 9.17) is 0 Å².